The van der Waals surface area contributed by atoms with E-state index in [0.29, 0.717) is 0 Å². The van der Waals surface area contributed by atoms with E-state index < -0.39 is 0 Å². The zero-order chi connectivity index (χ0) is 14.1. The predicted octanol–water partition coefficient (Wildman–Crippen LogP) is 4.25. The van der Waals surface area contributed by atoms with E-state index in [-0.39, 0.29) is 5.82 Å². The summed E-state index contributed by atoms with van der Waals surface area (Å²) in [7, 11) is 3.99. The van der Waals surface area contributed by atoms with Gasteiger partial charge in [0.05, 0.1) is 21.6 Å². The molecule has 102 valence electrons. The second-order valence-electron chi connectivity index (χ2n) is 4.67. The largest absolute Gasteiger partial charge is 0.376 e. The van der Waals surface area contributed by atoms with E-state index in [1.54, 1.807) is 6.07 Å². The fourth-order valence-electron chi connectivity index (χ4n) is 2.04. The fourth-order valence-corrected chi connectivity index (χ4v) is 2.94. The van der Waals surface area contributed by atoms with Crippen molar-refractivity contribution in [1.82, 2.24) is 4.98 Å². The average Bonchev–Trinajstić information content (AvgIpc) is 2.80. The summed E-state index contributed by atoms with van der Waals surface area (Å²) in [6.45, 7) is 0. The van der Waals surface area contributed by atoms with E-state index >= 15 is 0 Å². The van der Waals surface area contributed by atoms with E-state index in [1.807, 2.05) is 43.3 Å². The van der Waals surface area contributed by atoms with Crippen LogP contribution < -0.4 is 10.2 Å². The number of anilines is 3. The summed E-state index contributed by atoms with van der Waals surface area (Å²) in [6.07, 6.45) is 0. The van der Waals surface area contributed by atoms with Crippen LogP contribution in [0, 0.1) is 5.82 Å². The van der Waals surface area contributed by atoms with Gasteiger partial charge >= 0.3 is 0 Å². The molecule has 0 aliphatic carbocycles. The molecule has 3 rings (SSSR count). The lowest BCUT2D eigenvalue weighted by atomic mass is 10.2. The first-order chi connectivity index (χ1) is 9.63. The molecule has 3 aromatic rings. The Hall–Kier alpha value is -2.14. The number of hydrogen-bond donors (Lipinski definition) is 1. The molecule has 0 saturated carbocycles. The third-order valence-electron chi connectivity index (χ3n) is 2.98. The van der Waals surface area contributed by atoms with Crippen molar-refractivity contribution < 1.29 is 4.39 Å². The van der Waals surface area contributed by atoms with Crippen LogP contribution in [0.4, 0.5) is 20.9 Å². The monoisotopic (exact) mass is 287 g/mol. The first-order valence-corrected chi connectivity index (χ1v) is 7.04. The summed E-state index contributed by atoms with van der Waals surface area (Å²) in [5.41, 5.74) is 2.87. The Morgan fingerprint density at radius 1 is 1.15 bits per heavy atom. The molecular weight excluding hydrogens is 273 g/mol. The molecule has 5 heteroatoms. The summed E-state index contributed by atoms with van der Waals surface area (Å²) in [5.74, 6) is -0.235. The molecule has 0 radical (unpaired) electrons. The number of rotatable bonds is 3. The third-order valence-corrected chi connectivity index (χ3v) is 3.91. The van der Waals surface area contributed by atoms with Gasteiger partial charge in [-0.1, -0.05) is 23.5 Å². The van der Waals surface area contributed by atoms with E-state index in [4.69, 9.17) is 0 Å². The van der Waals surface area contributed by atoms with E-state index in [0.717, 1.165) is 26.7 Å². The lowest BCUT2D eigenvalue weighted by Gasteiger charge is -2.17. The summed E-state index contributed by atoms with van der Waals surface area (Å²) in [5, 5.41) is 4.07. The van der Waals surface area contributed by atoms with Crippen molar-refractivity contribution in [3.63, 3.8) is 0 Å². The fraction of sp³-hybridized carbons (Fsp3) is 0.133. The molecule has 0 bridgehead atoms. The number of aromatic nitrogens is 1. The van der Waals surface area contributed by atoms with Gasteiger partial charge in [-0.15, -0.1) is 0 Å². The van der Waals surface area contributed by atoms with Gasteiger partial charge < -0.3 is 10.2 Å². The Morgan fingerprint density at radius 2 is 1.95 bits per heavy atom. The second-order valence-corrected chi connectivity index (χ2v) is 5.70. The highest BCUT2D eigenvalue weighted by Gasteiger charge is 2.08. The standard InChI is InChI=1S/C15H14FN3S/c1-19(2)13-6-4-3-5-11(13)17-15-18-12-8-7-10(16)9-14(12)20-15/h3-9H,1-2H3,(H,17,18). The molecule has 1 heterocycles. The minimum Gasteiger partial charge on any atom is -0.376 e. The quantitative estimate of drug-likeness (QED) is 0.780. The molecule has 0 atom stereocenters. The summed E-state index contributed by atoms with van der Waals surface area (Å²) in [6, 6.07) is 12.6. The summed E-state index contributed by atoms with van der Waals surface area (Å²) >= 11 is 1.45. The molecule has 1 N–H and O–H groups in total. The van der Waals surface area contributed by atoms with Crippen LogP contribution in [0.15, 0.2) is 42.5 Å². The van der Waals surface area contributed by atoms with Crippen LogP contribution in [-0.2, 0) is 0 Å². The van der Waals surface area contributed by atoms with Crippen LogP contribution >= 0.6 is 11.3 Å². The van der Waals surface area contributed by atoms with Gasteiger partial charge in [-0.25, -0.2) is 9.37 Å². The lowest BCUT2D eigenvalue weighted by molar-refractivity contribution is 0.630. The Morgan fingerprint density at radius 3 is 2.75 bits per heavy atom. The van der Waals surface area contributed by atoms with Crippen molar-refractivity contribution in [1.29, 1.82) is 0 Å². The predicted molar refractivity (Wildman–Crippen MR) is 83.6 cm³/mol. The number of nitrogens with zero attached hydrogens (tertiary/aromatic N) is 2. The molecule has 0 fully saturated rings. The molecule has 3 nitrogen and oxygen atoms in total. The maximum absolute atomic E-state index is 13.2. The molecule has 2 aromatic carbocycles. The van der Waals surface area contributed by atoms with Crippen LogP contribution in [0.1, 0.15) is 0 Å². The highest BCUT2D eigenvalue weighted by molar-refractivity contribution is 7.22. The van der Waals surface area contributed by atoms with E-state index in [9.17, 15) is 4.39 Å². The van der Waals surface area contributed by atoms with E-state index in [2.05, 4.69) is 10.3 Å². The highest BCUT2D eigenvalue weighted by atomic mass is 32.1. The molecule has 1 aromatic heterocycles. The average molecular weight is 287 g/mol. The Labute approximate surface area is 120 Å². The van der Waals surface area contributed by atoms with Crippen LogP contribution in [-0.4, -0.2) is 19.1 Å². The first kappa shape index (κ1) is 12.9. The van der Waals surface area contributed by atoms with Crippen molar-refractivity contribution in [3.8, 4) is 0 Å². The smallest absolute Gasteiger partial charge is 0.188 e. The number of hydrogen-bond acceptors (Lipinski definition) is 4. The zero-order valence-corrected chi connectivity index (χ0v) is 12.0. The van der Waals surface area contributed by atoms with Gasteiger partial charge in [-0.3, -0.25) is 0 Å². The Kier molecular flexibility index (Phi) is 3.28. The summed E-state index contributed by atoms with van der Waals surface area (Å²) < 4.78 is 14.0. The molecule has 0 aliphatic rings. The lowest BCUT2D eigenvalue weighted by Crippen LogP contribution is -2.10. The number of fused-ring (bicyclic) bond motifs is 1. The molecule has 0 unspecified atom stereocenters. The van der Waals surface area contributed by atoms with Crippen molar-refractivity contribution in [2.75, 3.05) is 24.3 Å². The minimum atomic E-state index is -0.235. The molecule has 0 amide bonds. The van der Waals surface area contributed by atoms with Gasteiger partial charge in [0, 0.05) is 14.1 Å². The molecule has 0 saturated heterocycles. The third kappa shape index (κ3) is 2.44. The van der Waals surface area contributed by atoms with Gasteiger partial charge in [0.2, 0.25) is 0 Å². The second kappa shape index (κ2) is 5.09. The molecule has 0 spiro atoms. The van der Waals surface area contributed by atoms with Gasteiger partial charge in [-0.05, 0) is 30.3 Å². The summed E-state index contributed by atoms with van der Waals surface area (Å²) in [4.78, 5) is 6.51. The Bertz CT molecular complexity index is 752. The van der Waals surface area contributed by atoms with E-state index in [1.165, 1.54) is 23.5 Å². The van der Waals surface area contributed by atoms with Crippen molar-refractivity contribution >= 4 is 38.1 Å². The van der Waals surface area contributed by atoms with Crippen molar-refractivity contribution in [2.24, 2.45) is 0 Å². The van der Waals surface area contributed by atoms with Crippen LogP contribution in [0.5, 0.6) is 0 Å². The van der Waals surface area contributed by atoms with Gasteiger partial charge in [0.1, 0.15) is 5.82 Å². The van der Waals surface area contributed by atoms with Crippen molar-refractivity contribution in [3.05, 3.63) is 48.3 Å². The van der Waals surface area contributed by atoms with Crippen LogP contribution in [0.25, 0.3) is 10.2 Å². The highest BCUT2D eigenvalue weighted by Crippen LogP contribution is 2.32. The van der Waals surface area contributed by atoms with Gasteiger partial charge in [0.25, 0.3) is 0 Å². The topological polar surface area (TPSA) is 28.2 Å². The minimum absolute atomic E-state index is 0.235. The number of thiazole rings is 1. The molecule has 0 aliphatic heterocycles. The number of para-hydroxylation sites is 2. The van der Waals surface area contributed by atoms with Crippen LogP contribution in [0.3, 0.4) is 0 Å². The van der Waals surface area contributed by atoms with Gasteiger partial charge in [0.15, 0.2) is 5.13 Å². The Balaban J connectivity index is 1.97. The maximum atomic E-state index is 13.2. The van der Waals surface area contributed by atoms with Crippen LogP contribution in [0.2, 0.25) is 0 Å². The normalized spacial score (nSPS) is 10.8. The maximum Gasteiger partial charge on any atom is 0.188 e. The number of benzene rings is 2. The SMILES string of the molecule is CN(C)c1ccccc1Nc1nc2ccc(F)cc2s1. The number of nitrogens with one attached hydrogen (secondary N) is 1. The van der Waals surface area contributed by atoms with Crippen molar-refractivity contribution in [2.45, 2.75) is 0 Å². The number of halogens is 1. The zero-order valence-electron chi connectivity index (χ0n) is 11.2. The molecule has 20 heavy (non-hydrogen) atoms. The molecular formula is C15H14FN3S. The van der Waals surface area contributed by atoms with Gasteiger partial charge in [-0.2, -0.15) is 0 Å². The first-order valence-electron chi connectivity index (χ1n) is 6.23.